The summed E-state index contributed by atoms with van der Waals surface area (Å²) in [5, 5.41) is 0.918. The molecule has 7 rings (SSSR count). The van der Waals surface area contributed by atoms with E-state index >= 15 is 0 Å². The molecular weight excluding hydrogens is 1170 g/mol. The number of benzene rings is 1. The van der Waals surface area contributed by atoms with Crippen molar-refractivity contribution in [3.8, 4) is 0 Å². The fourth-order valence-electron chi connectivity index (χ4n) is 12.2. The Morgan fingerprint density at radius 1 is 0.670 bits per heavy atom. The van der Waals surface area contributed by atoms with E-state index in [1.807, 2.05) is 80.5 Å². The number of amides is 1. The van der Waals surface area contributed by atoms with Crippen LogP contribution in [0, 0.1) is 0 Å². The van der Waals surface area contributed by atoms with Crippen LogP contribution in [0.2, 0.25) is 61.9 Å². The molecule has 1 aromatic carbocycles. The van der Waals surface area contributed by atoms with E-state index in [9.17, 15) is 4.79 Å². The molecule has 6 aliphatic rings. The maximum absolute atomic E-state index is 12.8. The number of carbonyl (C=O) groups is 1. The maximum atomic E-state index is 12.8. The lowest BCUT2D eigenvalue weighted by atomic mass is 9.86. The molecule has 0 bridgehead atoms. The molecule has 1 amide bonds. The van der Waals surface area contributed by atoms with Gasteiger partial charge >= 0.3 is 0 Å². The van der Waals surface area contributed by atoms with E-state index in [1.165, 1.54) is 12.2 Å². The first-order valence-electron chi connectivity index (χ1n) is 32.5. The highest BCUT2D eigenvalue weighted by molar-refractivity contribution is 6.76. The molecule has 0 N–H and O–H groups in total. The van der Waals surface area contributed by atoms with Crippen molar-refractivity contribution in [2.24, 2.45) is 0 Å². The van der Waals surface area contributed by atoms with Crippen LogP contribution in [0.4, 0.5) is 0 Å². The Labute approximate surface area is 532 Å². The Morgan fingerprint density at radius 2 is 1.19 bits per heavy atom. The Hall–Kier alpha value is -1.82. The molecule has 6 aliphatic heterocycles. The predicted octanol–water partition coefficient (Wildman–Crippen LogP) is 13.2. The first kappa shape index (κ1) is 73.6. The minimum absolute atomic E-state index is 0.0193. The van der Waals surface area contributed by atoms with Crippen LogP contribution in [0.1, 0.15) is 148 Å². The Morgan fingerprint density at radius 3 is 1.77 bits per heavy atom. The number of nitrogens with zero attached hydrogens (tertiary/aromatic N) is 1. The zero-order valence-corrected chi connectivity index (χ0v) is 61.5. The molecule has 1 aromatic rings. The minimum Gasteiger partial charge on any atom is -0.411 e. The second kappa shape index (κ2) is 28.6. The van der Waals surface area contributed by atoms with Crippen LogP contribution >= 0.6 is 0 Å². The molecule has 0 saturated carbocycles. The third kappa shape index (κ3) is 19.4. The van der Waals surface area contributed by atoms with Crippen molar-refractivity contribution in [1.82, 2.24) is 5.06 Å². The van der Waals surface area contributed by atoms with Crippen LogP contribution in [0.3, 0.4) is 0 Å². The second-order valence-electron chi connectivity index (χ2n) is 31.7. The molecule has 504 valence electrons. The van der Waals surface area contributed by atoms with Gasteiger partial charge in [0.15, 0.2) is 39.8 Å². The van der Waals surface area contributed by atoms with Gasteiger partial charge in [0.05, 0.1) is 56.9 Å². The quantitative estimate of drug-likeness (QED) is 0.0255. The number of allylic oxidation sites excluding steroid dienone is 1. The van der Waals surface area contributed by atoms with Gasteiger partial charge in [-0.15, -0.1) is 0 Å². The molecule has 0 aliphatic carbocycles. The van der Waals surface area contributed by atoms with Crippen LogP contribution in [0.25, 0.3) is 0 Å². The number of hydrogen-bond donors (Lipinski definition) is 0. The summed E-state index contributed by atoms with van der Waals surface area (Å²) in [6, 6.07) is 11.1. The molecule has 6 heterocycles. The highest BCUT2D eigenvalue weighted by Gasteiger charge is 2.61. The van der Waals surface area contributed by atoms with Gasteiger partial charge in [-0.25, -0.2) is 5.06 Å². The van der Waals surface area contributed by atoms with Crippen LogP contribution in [-0.2, 0) is 86.7 Å². The van der Waals surface area contributed by atoms with Crippen molar-refractivity contribution in [2.45, 2.75) is 326 Å². The highest BCUT2D eigenvalue weighted by atomic mass is 28.4. The van der Waals surface area contributed by atoms with E-state index in [2.05, 4.69) is 106 Å². The Bertz CT molecular complexity index is 2470. The standard InChI is InChI=1S/C67H117NO17Si3/c1-43(31-34-53(69)68(17)70-18)37-49-56(80-64(9,10)76-49)60-57-50(77-65(11,12)81-57)38-47(74-60)46(84-87(22,23)62(3,4)5)33-32-44(2)54(85-88(24,25)63(6,7)8)55(73-42-71-35-36-86(19,20)21)48-39-51-58(82-66(13,14)78-51)61(75-48)59-52(79-67(15,16)83-59)41-72-40-45-29-27-26-28-30-45/h26-30,37,46-52,54-61H,2,31-36,38-42H2,1,3-25H3/b43-37+/t46-,47-,48-,49-,50-,51-,52-,54-,55+,56+,57-,58-,59+,60+,61-/m1/s1. The van der Waals surface area contributed by atoms with Gasteiger partial charge in [0.25, 0.3) is 0 Å². The van der Waals surface area contributed by atoms with Crippen LogP contribution in [-0.4, -0.2) is 185 Å². The summed E-state index contributed by atoms with van der Waals surface area (Å²) >= 11 is 0. The van der Waals surface area contributed by atoms with Crippen LogP contribution in [0.15, 0.2) is 54.1 Å². The molecule has 6 fully saturated rings. The van der Waals surface area contributed by atoms with Gasteiger partial charge in [-0.05, 0) is 135 Å². The summed E-state index contributed by atoms with van der Waals surface area (Å²) in [5.74, 6) is -3.81. The zero-order chi connectivity index (χ0) is 65.4. The van der Waals surface area contributed by atoms with Gasteiger partial charge in [0, 0.05) is 41.0 Å². The maximum Gasteiger partial charge on any atom is 0.246 e. The summed E-state index contributed by atoms with van der Waals surface area (Å²) < 4.78 is 105. The molecule has 18 nitrogen and oxygen atoms in total. The van der Waals surface area contributed by atoms with Crippen molar-refractivity contribution in [3.05, 3.63) is 59.7 Å². The topological polar surface area (TPSA) is 168 Å². The number of carbonyl (C=O) groups excluding carboxylic acids is 1. The summed E-state index contributed by atoms with van der Waals surface area (Å²) in [6.45, 7) is 53.5. The summed E-state index contributed by atoms with van der Waals surface area (Å²) in [5.41, 5.74) is 2.89. The molecule has 15 atom stereocenters. The SMILES string of the molecule is C=C(CC[C@@H](O[Si](C)(C)C(C)(C)C)[C@H]1C[C@H]2OC(C)(C)O[C@H]2[C@H]([C@H]2OC(C)(C)O[C@@H]2/C=C(\C)CCC(=O)N(C)OC)O1)[C@@H](O[Si](C)(C)C(C)(C)C)[C@@H](OCOCC[Si](C)(C)C)[C@H]1C[C@H]2OC(C)(C)O[C@H]2[C@H]([C@H]2OC(C)(C)O[C@@H]2COCc2ccccc2)O1. The van der Waals surface area contributed by atoms with Gasteiger partial charge in [0.1, 0.15) is 61.7 Å². The third-order valence-corrected chi connectivity index (χ3v) is 29.6. The van der Waals surface area contributed by atoms with Crippen LogP contribution in [0.5, 0.6) is 0 Å². The van der Waals surface area contributed by atoms with E-state index < -0.39 is 133 Å². The molecule has 88 heavy (non-hydrogen) atoms. The van der Waals surface area contributed by atoms with Gasteiger partial charge in [-0.3, -0.25) is 9.63 Å². The molecule has 0 radical (unpaired) electrons. The molecule has 0 unspecified atom stereocenters. The van der Waals surface area contributed by atoms with Crippen molar-refractivity contribution in [2.75, 3.05) is 34.2 Å². The lowest BCUT2D eigenvalue weighted by Gasteiger charge is -2.47. The van der Waals surface area contributed by atoms with Gasteiger partial charge < -0.3 is 70.4 Å². The predicted molar refractivity (Wildman–Crippen MR) is 347 cm³/mol. The van der Waals surface area contributed by atoms with Gasteiger partial charge in [0.2, 0.25) is 5.91 Å². The fourth-order valence-corrected chi connectivity index (χ4v) is 15.6. The van der Waals surface area contributed by atoms with Gasteiger partial charge in [-0.2, -0.15) is 0 Å². The summed E-state index contributed by atoms with van der Waals surface area (Å²) in [6.07, 6.45) is -3.18. The van der Waals surface area contributed by atoms with Crippen LogP contribution < -0.4 is 0 Å². The largest absolute Gasteiger partial charge is 0.411 e. The number of ether oxygens (including phenoxy) is 13. The Kier molecular flexibility index (Phi) is 23.9. The number of hydrogen-bond acceptors (Lipinski definition) is 17. The smallest absolute Gasteiger partial charge is 0.246 e. The monoisotopic (exact) mass is 1290 g/mol. The first-order chi connectivity index (χ1) is 40.5. The first-order valence-corrected chi connectivity index (χ1v) is 42.1. The lowest BCUT2D eigenvalue weighted by molar-refractivity contribution is -0.237. The normalized spacial score (nSPS) is 31.7. The van der Waals surface area contributed by atoms with Gasteiger partial charge in [-0.1, -0.05) is 110 Å². The lowest BCUT2D eigenvalue weighted by Crippen LogP contribution is -2.60. The van der Waals surface area contributed by atoms with Crippen molar-refractivity contribution in [3.63, 3.8) is 0 Å². The number of rotatable bonds is 28. The fraction of sp³-hybridized carbons (Fsp3) is 0.836. The Balaban J connectivity index is 1.25. The van der Waals surface area contributed by atoms with Crippen molar-refractivity contribution >= 4 is 30.6 Å². The average molecular weight is 1290 g/mol. The van der Waals surface area contributed by atoms with E-state index in [0.29, 0.717) is 45.3 Å². The molecular formula is C67H117NO17Si3. The molecule has 21 heteroatoms. The van der Waals surface area contributed by atoms with Crippen molar-refractivity contribution in [1.29, 1.82) is 0 Å². The van der Waals surface area contributed by atoms with E-state index in [4.69, 9.17) is 81.8 Å². The van der Waals surface area contributed by atoms with E-state index in [-0.39, 0.29) is 41.9 Å². The average Bonchev–Trinajstić information content (AvgIpc) is 3.10. The van der Waals surface area contributed by atoms with E-state index in [0.717, 1.165) is 22.8 Å². The second-order valence-corrected chi connectivity index (χ2v) is 46.8. The molecule has 0 spiro atoms. The molecule has 6 saturated heterocycles. The molecule has 0 aromatic heterocycles. The third-order valence-electron chi connectivity index (χ3n) is 19.0. The number of fused-ring (bicyclic) bond motifs is 2. The van der Waals surface area contributed by atoms with Crippen molar-refractivity contribution < 1.29 is 80.1 Å². The number of hydroxylamine groups is 2. The summed E-state index contributed by atoms with van der Waals surface area (Å²) in [4.78, 5) is 18.0. The highest BCUT2D eigenvalue weighted by Crippen LogP contribution is 2.49. The zero-order valence-electron chi connectivity index (χ0n) is 58.5. The van der Waals surface area contributed by atoms with E-state index in [1.54, 1.807) is 7.05 Å². The minimum atomic E-state index is -2.64. The summed E-state index contributed by atoms with van der Waals surface area (Å²) in [7, 11) is -3.50.